The quantitative estimate of drug-likeness (QED) is 0.718. The Morgan fingerprint density at radius 2 is 1.67 bits per heavy atom. The molecule has 0 saturated carbocycles. The Balaban J connectivity index is 2.13. The fourth-order valence-corrected chi connectivity index (χ4v) is 3.23. The first-order valence-corrected chi connectivity index (χ1v) is 9.29. The van der Waals surface area contributed by atoms with Crippen LogP contribution in [0.1, 0.15) is 32.4 Å². The minimum atomic E-state index is -0.775. The molecule has 0 aliphatic carbocycles. The van der Waals surface area contributed by atoms with Crippen LogP contribution in [-0.4, -0.2) is 22.6 Å². The molecule has 0 spiro atoms. The van der Waals surface area contributed by atoms with Crippen molar-refractivity contribution in [1.82, 2.24) is 0 Å². The van der Waals surface area contributed by atoms with Gasteiger partial charge >= 0.3 is 5.97 Å². The highest BCUT2D eigenvalue weighted by molar-refractivity contribution is 9.10. The second-order valence-corrected chi connectivity index (χ2v) is 8.14. The molecule has 0 saturated heterocycles. The van der Waals surface area contributed by atoms with Gasteiger partial charge in [-0.2, -0.15) is 0 Å². The monoisotopic (exact) mass is 429 g/mol. The number of benzene rings is 2. The maximum absolute atomic E-state index is 12.8. The number of para-hydroxylation sites is 1. The van der Waals surface area contributed by atoms with Crippen LogP contribution in [-0.2, 0) is 14.3 Å². The van der Waals surface area contributed by atoms with E-state index >= 15 is 0 Å². The van der Waals surface area contributed by atoms with Crippen molar-refractivity contribution in [2.24, 2.45) is 0 Å². The summed E-state index contributed by atoms with van der Waals surface area (Å²) in [6, 6.07) is 15.4. The molecular formula is C21H20BrNO4. The van der Waals surface area contributed by atoms with Crippen LogP contribution in [0, 0.1) is 0 Å². The van der Waals surface area contributed by atoms with Crippen LogP contribution in [0.15, 0.2) is 70.4 Å². The van der Waals surface area contributed by atoms with Crippen LogP contribution in [0.2, 0.25) is 0 Å². The van der Waals surface area contributed by atoms with Crippen molar-refractivity contribution < 1.29 is 19.4 Å². The molecule has 1 heterocycles. The highest BCUT2D eigenvalue weighted by Gasteiger charge is 2.45. The van der Waals surface area contributed by atoms with Crippen LogP contribution in [0.5, 0.6) is 0 Å². The zero-order valence-corrected chi connectivity index (χ0v) is 16.9. The van der Waals surface area contributed by atoms with E-state index in [2.05, 4.69) is 15.9 Å². The number of carbonyl (C=O) groups is 2. The number of rotatable bonds is 3. The normalized spacial score (nSPS) is 17.4. The average Bonchev–Trinajstić information content (AvgIpc) is 2.86. The molecule has 6 heteroatoms. The van der Waals surface area contributed by atoms with E-state index in [-0.39, 0.29) is 5.57 Å². The van der Waals surface area contributed by atoms with E-state index in [9.17, 15) is 14.7 Å². The number of aliphatic hydroxyl groups excluding tert-OH is 1. The van der Waals surface area contributed by atoms with E-state index in [0.29, 0.717) is 11.3 Å². The molecule has 3 rings (SSSR count). The summed E-state index contributed by atoms with van der Waals surface area (Å²) in [5.41, 5.74) is 0.472. The molecule has 1 amide bonds. The maximum atomic E-state index is 12.8. The fourth-order valence-electron chi connectivity index (χ4n) is 2.96. The molecular weight excluding hydrogens is 410 g/mol. The lowest BCUT2D eigenvalue weighted by Crippen LogP contribution is -2.32. The molecule has 1 aliphatic rings. The summed E-state index contributed by atoms with van der Waals surface area (Å²) in [7, 11) is 0. The van der Waals surface area contributed by atoms with Crippen LogP contribution in [0.3, 0.4) is 0 Å². The average molecular weight is 430 g/mol. The van der Waals surface area contributed by atoms with Gasteiger partial charge in [0.1, 0.15) is 11.2 Å². The molecule has 0 radical (unpaired) electrons. The lowest BCUT2D eigenvalue weighted by Gasteiger charge is -2.28. The van der Waals surface area contributed by atoms with Gasteiger partial charge in [-0.25, -0.2) is 4.79 Å². The number of nitrogens with zero attached hydrogens (tertiary/aromatic N) is 1. The van der Waals surface area contributed by atoms with E-state index in [1.165, 1.54) is 4.90 Å². The first kappa shape index (κ1) is 19.2. The zero-order chi connectivity index (χ0) is 19.8. The molecule has 1 atom stereocenters. The summed E-state index contributed by atoms with van der Waals surface area (Å²) in [5.74, 6) is -1.92. The number of esters is 1. The van der Waals surface area contributed by atoms with Crippen molar-refractivity contribution in [2.45, 2.75) is 32.4 Å². The molecule has 140 valence electrons. The van der Waals surface area contributed by atoms with E-state index in [0.717, 1.165) is 4.47 Å². The van der Waals surface area contributed by atoms with Crippen molar-refractivity contribution in [1.29, 1.82) is 0 Å². The number of halogens is 1. The summed E-state index contributed by atoms with van der Waals surface area (Å²) < 4.78 is 6.32. The molecule has 0 unspecified atom stereocenters. The van der Waals surface area contributed by atoms with Gasteiger partial charge in [0.05, 0.1) is 6.04 Å². The predicted molar refractivity (Wildman–Crippen MR) is 106 cm³/mol. The Hall–Kier alpha value is -2.60. The Bertz CT molecular complexity index is 898. The van der Waals surface area contributed by atoms with Crippen molar-refractivity contribution in [3.63, 3.8) is 0 Å². The summed E-state index contributed by atoms with van der Waals surface area (Å²) >= 11 is 3.39. The lowest BCUT2D eigenvalue weighted by atomic mass is 9.98. The molecule has 5 nitrogen and oxygen atoms in total. The highest BCUT2D eigenvalue weighted by atomic mass is 79.9. The van der Waals surface area contributed by atoms with Gasteiger partial charge in [-0.1, -0.05) is 46.3 Å². The van der Waals surface area contributed by atoms with Crippen molar-refractivity contribution >= 4 is 33.5 Å². The molecule has 0 fully saturated rings. The standard InChI is InChI=1S/C21H20BrNO4/c1-21(2,3)27-20(26)16-17(13-9-11-14(22)12-10-13)23(19(25)18(16)24)15-7-5-4-6-8-15/h4-12,17,24H,1-3H3/t17-/m1/s1. The van der Waals surface area contributed by atoms with Gasteiger partial charge in [-0.05, 0) is 50.6 Å². The number of hydrogen-bond donors (Lipinski definition) is 1. The van der Waals surface area contributed by atoms with Crippen LogP contribution in [0.4, 0.5) is 5.69 Å². The number of hydrogen-bond acceptors (Lipinski definition) is 4. The van der Waals surface area contributed by atoms with E-state index in [1.54, 1.807) is 57.2 Å². The first-order chi connectivity index (χ1) is 12.7. The Labute approximate surface area is 166 Å². The number of ether oxygens (including phenoxy) is 1. The SMILES string of the molecule is CC(C)(C)OC(=O)C1=C(O)C(=O)N(c2ccccc2)[C@@H]1c1ccc(Br)cc1. The molecule has 0 aromatic heterocycles. The number of carbonyl (C=O) groups excluding carboxylic acids is 2. The summed E-state index contributed by atoms with van der Waals surface area (Å²) in [6.07, 6.45) is 0. The van der Waals surface area contributed by atoms with Crippen molar-refractivity contribution in [3.05, 3.63) is 76.0 Å². The lowest BCUT2D eigenvalue weighted by molar-refractivity contribution is -0.150. The third-order valence-electron chi connectivity index (χ3n) is 4.05. The van der Waals surface area contributed by atoms with E-state index in [1.807, 2.05) is 18.2 Å². The van der Waals surface area contributed by atoms with Crippen molar-refractivity contribution in [2.75, 3.05) is 4.90 Å². The largest absolute Gasteiger partial charge is 0.503 e. The smallest absolute Gasteiger partial charge is 0.341 e. The highest BCUT2D eigenvalue weighted by Crippen LogP contribution is 2.41. The Morgan fingerprint density at radius 3 is 2.22 bits per heavy atom. The molecule has 1 N–H and O–H groups in total. The van der Waals surface area contributed by atoms with Crippen LogP contribution in [0.25, 0.3) is 0 Å². The van der Waals surface area contributed by atoms with Gasteiger partial charge in [0.15, 0.2) is 5.76 Å². The number of aliphatic hydroxyl groups is 1. The van der Waals surface area contributed by atoms with Crippen molar-refractivity contribution in [3.8, 4) is 0 Å². The summed E-state index contributed by atoms with van der Waals surface area (Å²) in [4.78, 5) is 27.1. The topological polar surface area (TPSA) is 66.8 Å². The van der Waals surface area contributed by atoms with E-state index in [4.69, 9.17) is 4.74 Å². The zero-order valence-electron chi connectivity index (χ0n) is 15.3. The first-order valence-electron chi connectivity index (χ1n) is 8.49. The summed E-state index contributed by atoms with van der Waals surface area (Å²) in [6.45, 7) is 5.22. The minimum absolute atomic E-state index is 0.0545. The molecule has 27 heavy (non-hydrogen) atoms. The molecule has 2 aromatic carbocycles. The van der Waals surface area contributed by atoms with Gasteiger partial charge in [0, 0.05) is 10.2 Å². The number of anilines is 1. The maximum Gasteiger partial charge on any atom is 0.341 e. The van der Waals surface area contributed by atoms with Gasteiger partial charge in [0.2, 0.25) is 0 Å². The van der Waals surface area contributed by atoms with E-state index < -0.39 is 29.3 Å². The second-order valence-electron chi connectivity index (χ2n) is 7.23. The second kappa shape index (κ2) is 7.19. The van der Waals surface area contributed by atoms with Gasteiger partial charge in [0.25, 0.3) is 5.91 Å². The van der Waals surface area contributed by atoms with Crippen LogP contribution < -0.4 is 4.90 Å². The minimum Gasteiger partial charge on any atom is -0.503 e. The van der Waals surface area contributed by atoms with Gasteiger partial charge in [-0.15, -0.1) is 0 Å². The third kappa shape index (κ3) is 3.90. The molecule has 1 aliphatic heterocycles. The Kier molecular flexibility index (Phi) is 5.11. The molecule has 0 bridgehead atoms. The third-order valence-corrected chi connectivity index (χ3v) is 4.58. The fraction of sp³-hybridized carbons (Fsp3) is 0.238. The number of amides is 1. The van der Waals surface area contributed by atoms with Crippen LogP contribution >= 0.6 is 15.9 Å². The van der Waals surface area contributed by atoms with Gasteiger partial charge < -0.3 is 9.84 Å². The predicted octanol–water partition coefficient (Wildman–Crippen LogP) is 4.69. The van der Waals surface area contributed by atoms with Gasteiger partial charge in [-0.3, -0.25) is 9.69 Å². The Morgan fingerprint density at radius 1 is 1.07 bits per heavy atom. The molecule has 2 aromatic rings. The summed E-state index contributed by atoms with van der Waals surface area (Å²) in [5, 5.41) is 10.5.